The Bertz CT molecular complexity index is 445. The Morgan fingerprint density at radius 3 is 2.43 bits per heavy atom. The fourth-order valence-corrected chi connectivity index (χ4v) is 1.13. The zero-order chi connectivity index (χ0) is 9.97. The van der Waals surface area contributed by atoms with Crippen LogP contribution in [0.3, 0.4) is 0 Å². The van der Waals surface area contributed by atoms with Gasteiger partial charge in [-0.3, -0.25) is 0 Å². The summed E-state index contributed by atoms with van der Waals surface area (Å²) in [6, 6.07) is 4.16. The van der Waals surface area contributed by atoms with Crippen molar-refractivity contribution in [3.63, 3.8) is 0 Å². The minimum Gasteiger partial charge on any atom is -0.505 e. The summed E-state index contributed by atoms with van der Waals surface area (Å²) in [7, 11) is 0. The second-order valence-corrected chi connectivity index (χ2v) is 2.79. The van der Waals surface area contributed by atoms with Crippen molar-refractivity contribution >= 4 is 0 Å². The van der Waals surface area contributed by atoms with E-state index in [1.165, 1.54) is 18.5 Å². The fraction of sp³-hybridized carbons (Fsp3) is 0. The number of halogens is 1. The first-order valence-corrected chi connectivity index (χ1v) is 4.01. The molecule has 2 aromatic rings. The molecule has 0 saturated carbocycles. The minimum absolute atomic E-state index is 0.356. The number of phenols is 1. The van der Waals surface area contributed by atoms with Crippen molar-refractivity contribution in [2.45, 2.75) is 0 Å². The van der Waals surface area contributed by atoms with Crippen LogP contribution in [0.15, 0.2) is 36.9 Å². The maximum Gasteiger partial charge on any atom is 0.165 e. The number of hydrogen-bond acceptors (Lipinski definition) is 3. The molecular formula is C10H7FN2O. The van der Waals surface area contributed by atoms with Crippen molar-refractivity contribution in [3.8, 4) is 16.9 Å². The van der Waals surface area contributed by atoms with Crippen LogP contribution >= 0.6 is 0 Å². The number of nitrogens with zero attached hydrogens (tertiary/aromatic N) is 2. The Morgan fingerprint density at radius 2 is 1.79 bits per heavy atom. The van der Waals surface area contributed by atoms with Crippen LogP contribution in [0.5, 0.6) is 5.75 Å². The molecule has 0 amide bonds. The number of hydrogen-bond donors (Lipinski definition) is 1. The van der Waals surface area contributed by atoms with E-state index < -0.39 is 5.82 Å². The van der Waals surface area contributed by atoms with E-state index in [1.807, 2.05) is 0 Å². The van der Waals surface area contributed by atoms with Gasteiger partial charge >= 0.3 is 0 Å². The average molecular weight is 190 g/mol. The third-order valence-corrected chi connectivity index (χ3v) is 1.84. The van der Waals surface area contributed by atoms with Crippen LogP contribution in [0, 0.1) is 5.82 Å². The van der Waals surface area contributed by atoms with Crippen LogP contribution in [-0.4, -0.2) is 15.1 Å². The van der Waals surface area contributed by atoms with Crippen molar-refractivity contribution < 1.29 is 9.50 Å². The van der Waals surface area contributed by atoms with Gasteiger partial charge < -0.3 is 5.11 Å². The SMILES string of the molecule is Oc1ccc(-c2cncnc2)cc1F. The second-order valence-electron chi connectivity index (χ2n) is 2.79. The molecule has 1 N–H and O–H groups in total. The molecule has 0 atom stereocenters. The molecule has 1 heterocycles. The van der Waals surface area contributed by atoms with Crippen LogP contribution in [0.4, 0.5) is 4.39 Å². The zero-order valence-electron chi connectivity index (χ0n) is 7.18. The predicted octanol–water partition coefficient (Wildman–Crippen LogP) is 1.99. The molecule has 14 heavy (non-hydrogen) atoms. The maximum absolute atomic E-state index is 13.0. The number of rotatable bonds is 1. The molecule has 4 heteroatoms. The predicted molar refractivity (Wildman–Crippen MR) is 49.1 cm³/mol. The van der Waals surface area contributed by atoms with Crippen molar-refractivity contribution in [1.29, 1.82) is 0 Å². The highest BCUT2D eigenvalue weighted by atomic mass is 19.1. The van der Waals surface area contributed by atoms with E-state index in [2.05, 4.69) is 9.97 Å². The Hall–Kier alpha value is -1.97. The van der Waals surface area contributed by atoms with Gasteiger partial charge in [0.2, 0.25) is 0 Å². The van der Waals surface area contributed by atoms with Gasteiger partial charge in [0, 0.05) is 18.0 Å². The van der Waals surface area contributed by atoms with Crippen molar-refractivity contribution in [1.82, 2.24) is 9.97 Å². The van der Waals surface area contributed by atoms with Gasteiger partial charge in [0.05, 0.1) is 0 Å². The first kappa shape index (κ1) is 8.62. The van der Waals surface area contributed by atoms with Crippen molar-refractivity contribution in [3.05, 3.63) is 42.7 Å². The molecule has 0 aliphatic rings. The van der Waals surface area contributed by atoms with Gasteiger partial charge in [-0.15, -0.1) is 0 Å². The summed E-state index contributed by atoms with van der Waals surface area (Å²) in [6.07, 6.45) is 4.57. The van der Waals surface area contributed by atoms with Crippen LogP contribution in [0.2, 0.25) is 0 Å². The fourth-order valence-electron chi connectivity index (χ4n) is 1.13. The topological polar surface area (TPSA) is 46.0 Å². The lowest BCUT2D eigenvalue weighted by atomic mass is 10.1. The summed E-state index contributed by atoms with van der Waals surface area (Å²) in [6.45, 7) is 0. The summed E-state index contributed by atoms with van der Waals surface area (Å²) in [4.78, 5) is 7.63. The van der Waals surface area contributed by atoms with Gasteiger partial charge in [0.25, 0.3) is 0 Å². The Labute approximate surface area is 79.9 Å². The van der Waals surface area contributed by atoms with E-state index in [-0.39, 0.29) is 5.75 Å². The van der Waals surface area contributed by atoms with E-state index >= 15 is 0 Å². The summed E-state index contributed by atoms with van der Waals surface area (Å²) >= 11 is 0. The van der Waals surface area contributed by atoms with Crippen LogP contribution in [-0.2, 0) is 0 Å². The third kappa shape index (κ3) is 1.54. The quantitative estimate of drug-likeness (QED) is 0.747. The lowest BCUT2D eigenvalue weighted by molar-refractivity contribution is 0.432. The third-order valence-electron chi connectivity index (χ3n) is 1.84. The standard InChI is InChI=1S/C10H7FN2O/c11-9-3-7(1-2-10(9)14)8-4-12-6-13-5-8/h1-6,14H. The van der Waals surface area contributed by atoms with Gasteiger partial charge in [0.15, 0.2) is 11.6 Å². The van der Waals surface area contributed by atoms with E-state index in [9.17, 15) is 4.39 Å². The monoisotopic (exact) mass is 190 g/mol. The highest BCUT2D eigenvalue weighted by Crippen LogP contribution is 2.23. The molecule has 0 aliphatic heterocycles. The highest BCUT2D eigenvalue weighted by Gasteiger charge is 2.03. The van der Waals surface area contributed by atoms with Crippen molar-refractivity contribution in [2.75, 3.05) is 0 Å². The Balaban J connectivity index is 2.48. The maximum atomic E-state index is 13.0. The molecule has 3 nitrogen and oxygen atoms in total. The summed E-state index contributed by atoms with van der Waals surface area (Å²) in [5.41, 5.74) is 1.35. The summed E-state index contributed by atoms with van der Waals surface area (Å²) in [5.74, 6) is -1.00. The first-order valence-electron chi connectivity index (χ1n) is 4.01. The van der Waals surface area contributed by atoms with Gasteiger partial charge in [0.1, 0.15) is 6.33 Å². The molecule has 0 aliphatic carbocycles. The molecule has 1 aromatic heterocycles. The lowest BCUT2D eigenvalue weighted by Crippen LogP contribution is -1.83. The molecule has 70 valence electrons. The van der Waals surface area contributed by atoms with Gasteiger partial charge in [-0.05, 0) is 17.7 Å². The molecule has 0 bridgehead atoms. The van der Waals surface area contributed by atoms with Gasteiger partial charge in [-0.2, -0.15) is 0 Å². The van der Waals surface area contributed by atoms with Gasteiger partial charge in [-0.1, -0.05) is 6.07 Å². The molecule has 0 fully saturated rings. The molecule has 1 aromatic carbocycles. The Morgan fingerprint density at radius 1 is 1.07 bits per heavy atom. The largest absolute Gasteiger partial charge is 0.505 e. The van der Waals surface area contributed by atoms with E-state index in [0.29, 0.717) is 11.1 Å². The van der Waals surface area contributed by atoms with Crippen LogP contribution in [0.25, 0.3) is 11.1 Å². The number of phenolic OH excluding ortho intramolecular Hbond substituents is 1. The van der Waals surface area contributed by atoms with Gasteiger partial charge in [-0.25, -0.2) is 14.4 Å². The lowest BCUT2D eigenvalue weighted by Gasteiger charge is -2.00. The number of aromatic hydroxyl groups is 1. The van der Waals surface area contributed by atoms with Crippen LogP contribution in [0.1, 0.15) is 0 Å². The smallest absolute Gasteiger partial charge is 0.165 e. The number of benzene rings is 1. The minimum atomic E-state index is -0.647. The van der Waals surface area contributed by atoms with Crippen LogP contribution < -0.4 is 0 Å². The molecule has 0 unspecified atom stereocenters. The molecule has 0 saturated heterocycles. The number of aromatic nitrogens is 2. The normalized spacial score (nSPS) is 10.1. The summed E-state index contributed by atoms with van der Waals surface area (Å²) in [5, 5.41) is 8.98. The van der Waals surface area contributed by atoms with E-state index in [0.717, 1.165) is 0 Å². The van der Waals surface area contributed by atoms with E-state index in [1.54, 1.807) is 18.5 Å². The second kappa shape index (κ2) is 3.41. The van der Waals surface area contributed by atoms with E-state index in [4.69, 9.17) is 5.11 Å². The highest BCUT2D eigenvalue weighted by molar-refractivity contribution is 5.62. The Kier molecular flexibility index (Phi) is 2.10. The molecule has 0 spiro atoms. The molecule has 2 rings (SSSR count). The zero-order valence-corrected chi connectivity index (χ0v) is 7.18. The van der Waals surface area contributed by atoms with Crippen molar-refractivity contribution in [2.24, 2.45) is 0 Å². The first-order chi connectivity index (χ1) is 6.77. The summed E-state index contributed by atoms with van der Waals surface area (Å²) < 4.78 is 13.0. The molecular weight excluding hydrogens is 183 g/mol. The average Bonchev–Trinajstić information content (AvgIpc) is 2.23. The molecule has 0 radical (unpaired) electrons.